The molecule has 1 rings (SSSR count). The minimum Gasteiger partial charge on any atom is -0.444 e. The lowest BCUT2D eigenvalue weighted by Gasteiger charge is -2.37. The molecule has 0 spiro atoms. The van der Waals surface area contributed by atoms with Crippen molar-refractivity contribution in [2.45, 2.75) is 71.1 Å². The summed E-state index contributed by atoms with van der Waals surface area (Å²) in [5, 5.41) is 15.3. The zero-order chi connectivity index (χ0) is 15.2. The van der Waals surface area contributed by atoms with E-state index in [1.54, 1.807) is 0 Å². The fourth-order valence-corrected chi connectivity index (χ4v) is 2.34. The highest BCUT2D eigenvalue weighted by molar-refractivity contribution is 5.68. The lowest BCUT2D eigenvalue weighted by Crippen LogP contribution is -2.53. The maximum atomic E-state index is 11.6. The van der Waals surface area contributed by atoms with Crippen LogP contribution in [-0.4, -0.2) is 42.0 Å². The summed E-state index contributed by atoms with van der Waals surface area (Å²) in [5.74, 6) is 0.540. The summed E-state index contributed by atoms with van der Waals surface area (Å²) in [6.07, 6.45) is 3.52. The molecule has 1 fully saturated rings. The molecule has 118 valence electrons. The molecule has 0 aromatic rings. The Bertz CT molecular complexity index is 296. The van der Waals surface area contributed by atoms with Crippen molar-refractivity contribution in [3.8, 4) is 0 Å². The number of hydrogen-bond acceptors (Lipinski definition) is 4. The smallest absolute Gasteiger partial charge is 0.407 e. The normalized spacial score (nSPS) is 23.9. The fraction of sp³-hybridized carbons (Fsp3) is 0.933. The van der Waals surface area contributed by atoms with E-state index in [9.17, 15) is 4.79 Å². The fourth-order valence-electron chi connectivity index (χ4n) is 2.34. The number of aliphatic hydroxyl groups excluding tert-OH is 1. The molecule has 0 bridgehead atoms. The Kier molecular flexibility index (Phi) is 6.76. The Morgan fingerprint density at radius 3 is 2.50 bits per heavy atom. The molecule has 20 heavy (non-hydrogen) atoms. The van der Waals surface area contributed by atoms with Crippen LogP contribution in [0.3, 0.4) is 0 Å². The first-order chi connectivity index (χ1) is 9.34. The van der Waals surface area contributed by atoms with E-state index in [4.69, 9.17) is 9.84 Å². The lowest BCUT2D eigenvalue weighted by atomic mass is 9.86. The van der Waals surface area contributed by atoms with Gasteiger partial charge < -0.3 is 20.5 Å². The second-order valence-electron chi connectivity index (χ2n) is 6.71. The zero-order valence-electron chi connectivity index (χ0n) is 13.2. The summed E-state index contributed by atoms with van der Waals surface area (Å²) < 4.78 is 5.23. The Morgan fingerprint density at radius 2 is 2.00 bits per heavy atom. The number of hydrogen-bond donors (Lipinski definition) is 3. The van der Waals surface area contributed by atoms with Gasteiger partial charge in [0.2, 0.25) is 0 Å². The van der Waals surface area contributed by atoms with Gasteiger partial charge in [-0.15, -0.1) is 0 Å². The first kappa shape index (κ1) is 17.2. The molecule has 0 aromatic heterocycles. The molecule has 0 saturated heterocycles. The van der Waals surface area contributed by atoms with Gasteiger partial charge >= 0.3 is 6.09 Å². The molecule has 0 aliphatic heterocycles. The van der Waals surface area contributed by atoms with Gasteiger partial charge in [0, 0.05) is 18.7 Å². The van der Waals surface area contributed by atoms with Crippen molar-refractivity contribution in [1.82, 2.24) is 10.6 Å². The van der Waals surface area contributed by atoms with Crippen molar-refractivity contribution in [2.75, 3.05) is 13.2 Å². The minimum atomic E-state index is -0.440. The topological polar surface area (TPSA) is 70.6 Å². The van der Waals surface area contributed by atoms with E-state index >= 15 is 0 Å². The van der Waals surface area contributed by atoms with Crippen LogP contribution in [-0.2, 0) is 4.74 Å². The second kappa shape index (κ2) is 7.84. The summed E-state index contributed by atoms with van der Waals surface area (Å²) in [6, 6.07) is 0.697. The van der Waals surface area contributed by atoms with Crippen LogP contribution in [0.1, 0.15) is 53.4 Å². The molecule has 0 radical (unpaired) electrons. The summed E-state index contributed by atoms with van der Waals surface area (Å²) in [4.78, 5) is 11.6. The molecule has 1 aliphatic carbocycles. The van der Waals surface area contributed by atoms with Crippen molar-refractivity contribution in [3.05, 3.63) is 0 Å². The molecule has 1 aliphatic rings. The van der Waals surface area contributed by atoms with Crippen molar-refractivity contribution in [2.24, 2.45) is 5.92 Å². The molecule has 1 amide bonds. The van der Waals surface area contributed by atoms with Gasteiger partial charge in [-0.05, 0) is 52.5 Å². The first-order valence-electron chi connectivity index (χ1n) is 7.67. The second-order valence-corrected chi connectivity index (χ2v) is 6.71. The first-order valence-corrected chi connectivity index (χ1v) is 7.67. The summed E-state index contributed by atoms with van der Waals surface area (Å²) in [6.45, 7) is 8.95. The maximum absolute atomic E-state index is 11.6. The van der Waals surface area contributed by atoms with Gasteiger partial charge in [-0.1, -0.05) is 13.3 Å². The molecule has 0 heterocycles. The van der Waals surface area contributed by atoms with Crippen molar-refractivity contribution >= 4 is 6.09 Å². The van der Waals surface area contributed by atoms with Crippen LogP contribution in [0.15, 0.2) is 0 Å². The van der Waals surface area contributed by atoms with E-state index < -0.39 is 5.60 Å². The van der Waals surface area contributed by atoms with Crippen LogP contribution in [0.25, 0.3) is 0 Å². The molecule has 1 atom stereocenters. The highest BCUT2D eigenvalue weighted by Gasteiger charge is 2.31. The zero-order valence-corrected chi connectivity index (χ0v) is 13.2. The number of amides is 1. The lowest BCUT2D eigenvalue weighted by molar-refractivity contribution is 0.0464. The highest BCUT2D eigenvalue weighted by Crippen LogP contribution is 2.21. The van der Waals surface area contributed by atoms with E-state index in [-0.39, 0.29) is 18.7 Å². The highest BCUT2D eigenvalue weighted by atomic mass is 16.6. The molecule has 3 N–H and O–H groups in total. The van der Waals surface area contributed by atoms with Gasteiger partial charge in [-0.2, -0.15) is 0 Å². The van der Waals surface area contributed by atoms with Gasteiger partial charge in [0.1, 0.15) is 5.60 Å². The number of alkyl carbamates (subject to hydrolysis) is 1. The Labute approximate surface area is 122 Å². The number of carbonyl (C=O) groups is 1. The van der Waals surface area contributed by atoms with Crippen LogP contribution in [0.4, 0.5) is 4.79 Å². The summed E-state index contributed by atoms with van der Waals surface area (Å²) in [5.41, 5.74) is -0.440. The maximum Gasteiger partial charge on any atom is 0.407 e. The van der Waals surface area contributed by atoms with E-state index in [1.807, 2.05) is 20.8 Å². The van der Waals surface area contributed by atoms with Crippen molar-refractivity contribution < 1.29 is 14.6 Å². The van der Waals surface area contributed by atoms with Crippen LogP contribution in [0.5, 0.6) is 0 Å². The predicted octanol–water partition coefficient (Wildman–Crippen LogP) is 2.04. The Hall–Kier alpha value is -0.810. The number of ether oxygens (including phenoxy) is 1. The van der Waals surface area contributed by atoms with E-state index in [2.05, 4.69) is 17.6 Å². The average molecular weight is 286 g/mol. The molecule has 5 nitrogen and oxygen atoms in total. The third kappa shape index (κ3) is 6.57. The van der Waals surface area contributed by atoms with E-state index in [0.717, 1.165) is 32.2 Å². The Balaban J connectivity index is 2.12. The van der Waals surface area contributed by atoms with E-state index in [0.29, 0.717) is 12.0 Å². The van der Waals surface area contributed by atoms with Gasteiger partial charge in [0.25, 0.3) is 0 Å². The quantitative estimate of drug-likeness (QED) is 0.670. The van der Waals surface area contributed by atoms with E-state index in [1.165, 1.54) is 0 Å². The summed E-state index contributed by atoms with van der Waals surface area (Å²) in [7, 11) is 0. The molecular weight excluding hydrogens is 256 g/mol. The molecule has 0 aromatic carbocycles. The predicted molar refractivity (Wildman–Crippen MR) is 79.7 cm³/mol. The van der Waals surface area contributed by atoms with Crippen LogP contribution in [0, 0.1) is 5.92 Å². The molecule has 1 saturated carbocycles. The largest absolute Gasteiger partial charge is 0.444 e. The van der Waals surface area contributed by atoms with Gasteiger partial charge in [-0.25, -0.2) is 4.79 Å². The van der Waals surface area contributed by atoms with Gasteiger partial charge in [0.15, 0.2) is 0 Å². The average Bonchev–Trinajstić information content (AvgIpc) is 2.27. The van der Waals surface area contributed by atoms with Crippen molar-refractivity contribution in [1.29, 1.82) is 0 Å². The molecule has 1 unspecified atom stereocenters. The number of nitrogens with one attached hydrogen (secondary N) is 2. The molecular formula is C15H30N2O3. The summed E-state index contributed by atoms with van der Waals surface area (Å²) >= 11 is 0. The van der Waals surface area contributed by atoms with Crippen LogP contribution in [0.2, 0.25) is 0 Å². The Morgan fingerprint density at radius 1 is 1.35 bits per heavy atom. The number of carbonyl (C=O) groups excluding carboxylic acids is 1. The van der Waals surface area contributed by atoms with Gasteiger partial charge in [-0.3, -0.25) is 0 Å². The monoisotopic (exact) mass is 286 g/mol. The standard InChI is InChI=1S/C15H30N2O3/c1-5-11(6-7-18)10-16-12-8-13(9-12)17-14(19)20-15(2,3)4/h11-13,16,18H,5-10H2,1-4H3,(H,17,19). The SMILES string of the molecule is CCC(CCO)CNC1CC(NC(=O)OC(C)(C)C)C1. The van der Waals surface area contributed by atoms with Crippen LogP contribution < -0.4 is 10.6 Å². The van der Waals surface area contributed by atoms with Crippen LogP contribution >= 0.6 is 0 Å². The third-order valence-corrected chi connectivity index (χ3v) is 3.67. The van der Waals surface area contributed by atoms with Gasteiger partial charge in [0.05, 0.1) is 0 Å². The van der Waals surface area contributed by atoms with Crippen molar-refractivity contribution in [3.63, 3.8) is 0 Å². The number of rotatable bonds is 7. The minimum absolute atomic E-state index is 0.222. The molecule has 5 heteroatoms. The number of aliphatic hydroxyl groups is 1. The third-order valence-electron chi connectivity index (χ3n) is 3.67.